The number of hydrogen-bond acceptors (Lipinski definition) is 7. The fourth-order valence-electron chi connectivity index (χ4n) is 1.08. The number of alkyl halides is 8. The third kappa shape index (κ3) is 9.87. The Labute approximate surface area is 168 Å². The van der Waals surface area contributed by atoms with Gasteiger partial charge in [-0.2, -0.15) is 17.6 Å². The van der Waals surface area contributed by atoms with E-state index in [1.807, 2.05) is 0 Å². The van der Waals surface area contributed by atoms with Crippen molar-refractivity contribution in [1.82, 2.24) is 0 Å². The van der Waals surface area contributed by atoms with Gasteiger partial charge in [0, 0.05) is 0 Å². The molecule has 0 aromatic rings. The molecule has 0 aliphatic rings. The van der Waals surface area contributed by atoms with Crippen molar-refractivity contribution in [2.24, 2.45) is 0 Å². The van der Waals surface area contributed by atoms with Gasteiger partial charge < -0.3 is 14.0 Å². The zero-order chi connectivity index (χ0) is 20.9. The van der Waals surface area contributed by atoms with Crippen LogP contribution in [0.5, 0.6) is 0 Å². The average Bonchev–Trinajstić information content (AvgIpc) is 2.47. The van der Waals surface area contributed by atoms with Gasteiger partial charge in [-0.1, -0.05) is 0 Å². The number of carbonyl (C=O) groups is 2. The molecule has 7 nitrogen and oxygen atoms in total. The molecule has 0 amide bonds. The molecule has 0 aliphatic heterocycles. The van der Waals surface area contributed by atoms with Crippen molar-refractivity contribution in [3.8, 4) is 0 Å². The summed E-state index contributed by atoms with van der Waals surface area (Å²) in [6.45, 7) is -4.60. The standard InChI is InChI=1S/C10H10F8O7S.Na/c11-7(12)9(15,16)2-24-5(19)1-4(26(21,22)23)6(20)25-3-10(17,18)8(13)14;/h4,7-8H,1-3H2,(H,21,22,23);/q;+1/p-1. The number of hydrogen-bond donors (Lipinski definition) is 0. The quantitative estimate of drug-likeness (QED) is 0.168. The second-order valence-electron chi connectivity index (χ2n) is 4.58. The number of esters is 2. The van der Waals surface area contributed by atoms with Gasteiger partial charge in [0.25, 0.3) is 0 Å². The van der Waals surface area contributed by atoms with E-state index < -0.39 is 71.6 Å². The molecule has 27 heavy (non-hydrogen) atoms. The van der Waals surface area contributed by atoms with Gasteiger partial charge in [-0.15, -0.1) is 0 Å². The second kappa shape index (κ2) is 10.7. The molecule has 0 N–H and O–H groups in total. The Morgan fingerprint density at radius 3 is 1.59 bits per heavy atom. The molecule has 0 spiro atoms. The molecule has 154 valence electrons. The van der Waals surface area contributed by atoms with Gasteiger partial charge in [0.1, 0.15) is 10.1 Å². The molecule has 0 radical (unpaired) electrons. The third-order valence-corrected chi connectivity index (χ3v) is 3.49. The molecule has 0 fully saturated rings. The predicted molar refractivity (Wildman–Crippen MR) is 61.9 cm³/mol. The van der Waals surface area contributed by atoms with Gasteiger partial charge in [-0.25, -0.2) is 26.0 Å². The Hall–Kier alpha value is -0.710. The van der Waals surface area contributed by atoms with Crippen LogP contribution in [0.15, 0.2) is 0 Å². The Morgan fingerprint density at radius 1 is 0.889 bits per heavy atom. The van der Waals surface area contributed by atoms with E-state index in [0.717, 1.165) is 0 Å². The van der Waals surface area contributed by atoms with Crippen LogP contribution in [0.2, 0.25) is 0 Å². The molecule has 0 heterocycles. The first-order valence-electron chi connectivity index (χ1n) is 6.09. The van der Waals surface area contributed by atoms with Crippen LogP contribution in [0, 0.1) is 0 Å². The van der Waals surface area contributed by atoms with Gasteiger partial charge >= 0.3 is 66.2 Å². The molecule has 0 aromatic carbocycles. The van der Waals surface area contributed by atoms with Gasteiger partial charge in [-0.3, -0.25) is 9.59 Å². The van der Waals surface area contributed by atoms with Crippen LogP contribution < -0.4 is 29.6 Å². The average molecular weight is 448 g/mol. The van der Waals surface area contributed by atoms with Crippen LogP contribution in [0.25, 0.3) is 0 Å². The van der Waals surface area contributed by atoms with Crippen LogP contribution in [0.3, 0.4) is 0 Å². The van der Waals surface area contributed by atoms with Gasteiger partial charge in [0.15, 0.2) is 18.5 Å². The summed E-state index contributed by atoms with van der Waals surface area (Å²) in [4.78, 5) is 22.4. The van der Waals surface area contributed by atoms with Crippen molar-refractivity contribution in [3.05, 3.63) is 0 Å². The van der Waals surface area contributed by atoms with Crippen molar-refractivity contribution in [2.45, 2.75) is 36.4 Å². The molecule has 0 aliphatic carbocycles. The second-order valence-corrected chi connectivity index (χ2v) is 6.13. The van der Waals surface area contributed by atoms with E-state index in [1.54, 1.807) is 0 Å². The first-order valence-corrected chi connectivity index (χ1v) is 7.56. The summed E-state index contributed by atoms with van der Waals surface area (Å²) in [5.74, 6) is -14.2. The molecule has 17 heteroatoms. The van der Waals surface area contributed by atoms with Crippen molar-refractivity contribution >= 4 is 22.1 Å². The first kappa shape index (κ1) is 28.5. The Bertz CT molecular complexity index is 613. The minimum atomic E-state index is -5.81. The summed E-state index contributed by atoms with van der Waals surface area (Å²) in [7, 11) is -5.81. The minimum Gasteiger partial charge on any atom is -0.747 e. The SMILES string of the molecule is O=C(CC(C(=O)OCC(F)(F)C(F)F)S(=O)(=O)[O-])OCC(F)(F)C(F)F.[Na+]. The fraction of sp³-hybridized carbons (Fsp3) is 0.800. The Morgan fingerprint density at radius 2 is 1.26 bits per heavy atom. The molecular formula is C10H9F8NaO7S. The molecule has 1 unspecified atom stereocenters. The smallest absolute Gasteiger partial charge is 0.747 e. The molecule has 0 bridgehead atoms. The number of ether oxygens (including phenoxy) is 2. The maximum atomic E-state index is 12.6. The van der Waals surface area contributed by atoms with Crippen LogP contribution in [-0.4, -0.2) is 68.1 Å². The largest absolute Gasteiger partial charge is 1.00 e. The topological polar surface area (TPSA) is 110 Å². The van der Waals surface area contributed by atoms with Gasteiger partial charge in [0.2, 0.25) is 0 Å². The maximum Gasteiger partial charge on any atom is 1.00 e. The minimum absolute atomic E-state index is 0. The van der Waals surface area contributed by atoms with Crippen LogP contribution in [0.1, 0.15) is 6.42 Å². The summed E-state index contributed by atoms with van der Waals surface area (Å²) < 4.78 is 137. The predicted octanol–water partition coefficient (Wildman–Crippen LogP) is -1.82. The molecule has 0 rings (SSSR count). The normalized spacial score (nSPS) is 13.9. The van der Waals surface area contributed by atoms with Crippen LogP contribution >= 0.6 is 0 Å². The third-order valence-electron chi connectivity index (χ3n) is 2.43. The van der Waals surface area contributed by atoms with Crippen molar-refractivity contribution < 1.29 is 96.7 Å². The summed E-state index contributed by atoms with van der Waals surface area (Å²) in [5, 5.41) is -3.11. The van der Waals surface area contributed by atoms with Crippen molar-refractivity contribution in [2.75, 3.05) is 13.2 Å². The fourth-order valence-corrected chi connectivity index (χ4v) is 1.72. The van der Waals surface area contributed by atoms with E-state index in [-0.39, 0.29) is 29.6 Å². The van der Waals surface area contributed by atoms with Crippen LogP contribution in [0.4, 0.5) is 35.1 Å². The zero-order valence-electron chi connectivity index (χ0n) is 13.1. The number of halogens is 8. The molecule has 0 saturated heterocycles. The summed E-state index contributed by atoms with van der Waals surface area (Å²) in [6.07, 6.45) is -10.4. The molecular weight excluding hydrogens is 439 g/mol. The summed E-state index contributed by atoms with van der Waals surface area (Å²) >= 11 is 0. The van der Waals surface area contributed by atoms with E-state index in [9.17, 15) is 57.7 Å². The maximum absolute atomic E-state index is 12.6. The summed E-state index contributed by atoms with van der Waals surface area (Å²) in [6, 6.07) is 0. The van der Waals surface area contributed by atoms with E-state index in [0.29, 0.717) is 0 Å². The monoisotopic (exact) mass is 448 g/mol. The van der Waals surface area contributed by atoms with Crippen LogP contribution in [-0.2, 0) is 29.2 Å². The molecule has 0 aromatic heterocycles. The summed E-state index contributed by atoms with van der Waals surface area (Å²) in [5.41, 5.74) is 0. The van der Waals surface area contributed by atoms with E-state index in [2.05, 4.69) is 9.47 Å². The first-order chi connectivity index (χ1) is 11.5. The van der Waals surface area contributed by atoms with E-state index in [4.69, 9.17) is 0 Å². The zero-order valence-corrected chi connectivity index (χ0v) is 16.0. The van der Waals surface area contributed by atoms with Gasteiger partial charge in [0.05, 0.1) is 6.42 Å². The Balaban J connectivity index is 0. The number of rotatable bonds is 10. The molecule has 1 atom stereocenters. The van der Waals surface area contributed by atoms with Crippen molar-refractivity contribution in [1.29, 1.82) is 0 Å². The van der Waals surface area contributed by atoms with Crippen molar-refractivity contribution in [3.63, 3.8) is 0 Å². The Kier molecular flexibility index (Phi) is 11.3. The van der Waals surface area contributed by atoms with E-state index in [1.165, 1.54) is 0 Å². The number of carbonyl (C=O) groups excluding carboxylic acids is 2. The van der Waals surface area contributed by atoms with E-state index >= 15 is 0 Å². The van der Waals surface area contributed by atoms with Gasteiger partial charge in [-0.05, 0) is 0 Å². The molecule has 0 saturated carbocycles.